The van der Waals surface area contributed by atoms with E-state index in [9.17, 15) is 4.79 Å². The summed E-state index contributed by atoms with van der Waals surface area (Å²) in [5.74, 6) is -0.332. The zero-order valence-electron chi connectivity index (χ0n) is 8.77. The Kier molecular flexibility index (Phi) is 3.26. The first-order valence-corrected chi connectivity index (χ1v) is 5.81. The average Bonchev–Trinajstić information content (AvgIpc) is 2.67. The van der Waals surface area contributed by atoms with Crippen LogP contribution in [0.25, 0.3) is 0 Å². The van der Waals surface area contributed by atoms with E-state index in [2.05, 4.69) is 14.7 Å². The third kappa shape index (κ3) is 2.72. The zero-order valence-corrected chi connectivity index (χ0v) is 10.3. The molecule has 1 aromatic heterocycles. The standard InChI is InChI=1S/C10H8ClN3O2S/c1-5-12-10(17-14-5)13-8-3-2-6(9(15)16)4-7(8)11/h2-4H,1H3,(H,15,16)(H,12,13,14). The highest BCUT2D eigenvalue weighted by atomic mass is 35.5. The van der Waals surface area contributed by atoms with Crippen molar-refractivity contribution in [1.82, 2.24) is 9.36 Å². The Bertz CT molecular complexity index is 570. The highest BCUT2D eigenvalue weighted by molar-refractivity contribution is 7.09. The lowest BCUT2D eigenvalue weighted by molar-refractivity contribution is 0.0697. The summed E-state index contributed by atoms with van der Waals surface area (Å²) in [6.45, 7) is 1.79. The number of nitrogens with one attached hydrogen (secondary N) is 1. The van der Waals surface area contributed by atoms with E-state index in [0.717, 1.165) is 0 Å². The highest BCUT2D eigenvalue weighted by Gasteiger charge is 2.08. The number of anilines is 2. The predicted molar refractivity (Wildman–Crippen MR) is 66.3 cm³/mol. The molecule has 2 aromatic rings. The molecule has 1 aromatic carbocycles. The molecule has 0 fully saturated rings. The van der Waals surface area contributed by atoms with Crippen molar-refractivity contribution in [3.63, 3.8) is 0 Å². The molecule has 0 saturated heterocycles. The molecule has 2 N–H and O–H groups in total. The van der Waals surface area contributed by atoms with Crippen LogP contribution in [0, 0.1) is 6.92 Å². The number of aryl methyl sites for hydroxylation is 1. The molecular formula is C10H8ClN3O2S. The van der Waals surface area contributed by atoms with Crippen LogP contribution >= 0.6 is 23.1 Å². The zero-order chi connectivity index (χ0) is 12.4. The Labute approximate surface area is 106 Å². The Morgan fingerprint density at radius 1 is 1.53 bits per heavy atom. The third-order valence-electron chi connectivity index (χ3n) is 1.99. The number of hydrogen-bond acceptors (Lipinski definition) is 5. The number of aromatic carboxylic acids is 1. The second kappa shape index (κ2) is 4.68. The van der Waals surface area contributed by atoms with Crippen molar-refractivity contribution in [2.24, 2.45) is 0 Å². The van der Waals surface area contributed by atoms with Gasteiger partial charge >= 0.3 is 5.97 Å². The first kappa shape index (κ1) is 11.8. The maximum Gasteiger partial charge on any atom is 0.335 e. The SMILES string of the molecule is Cc1nsc(Nc2ccc(C(=O)O)cc2Cl)n1. The monoisotopic (exact) mass is 269 g/mol. The van der Waals surface area contributed by atoms with Crippen molar-refractivity contribution >= 4 is 39.9 Å². The number of aromatic nitrogens is 2. The minimum absolute atomic E-state index is 0.147. The van der Waals surface area contributed by atoms with Gasteiger partial charge in [-0.05, 0) is 25.1 Å². The van der Waals surface area contributed by atoms with E-state index in [-0.39, 0.29) is 5.56 Å². The van der Waals surface area contributed by atoms with Crippen LogP contribution in [0.15, 0.2) is 18.2 Å². The van der Waals surface area contributed by atoms with Gasteiger partial charge in [0.25, 0.3) is 0 Å². The fraction of sp³-hybridized carbons (Fsp3) is 0.100. The first-order chi connectivity index (χ1) is 8.06. The van der Waals surface area contributed by atoms with Gasteiger partial charge in [0, 0.05) is 11.5 Å². The number of hydrogen-bond donors (Lipinski definition) is 2. The van der Waals surface area contributed by atoms with E-state index in [1.807, 2.05) is 0 Å². The lowest BCUT2D eigenvalue weighted by atomic mass is 10.2. The summed E-state index contributed by atoms with van der Waals surface area (Å²) >= 11 is 7.18. The number of halogens is 1. The molecule has 0 aliphatic heterocycles. The number of carboxylic acids is 1. The van der Waals surface area contributed by atoms with Crippen molar-refractivity contribution < 1.29 is 9.90 Å². The molecule has 0 saturated carbocycles. The highest BCUT2D eigenvalue weighted by Crippen LogP contribution is 2.27. The minimum atomic E-state index is -1.01. The van der Waals surface area contributed by atoms with Crippen molar-refractivity contribution in [2.45, 2.75) is 6.92 Å². The quantitative estimate of drug-likeness (QED) is 0.896. The van der Waals surface area contributed by atoms with Gasteiger partial charge in [-0.2, -0.15) is 4.37 Å². The number of carbonyl (C=O) groups is 1. The van der Waals surface area contributed by atoms with E-state index < -0.39 is 5.97 Å². The van der Waals surface area contributed by atoms with Gasteiger partial charge in [-0.3, -0.25) is 0 Å². The number of nitrogens with zero attached hydrogens (tertiary/aromatic N) is 2. The molecule has 0 unspecified atom stereocenters. The molecular weight excluding hydrogens is 262 g/mol. The van der Waals surface area contributed by atoms with Crippen LogP contribution in [0.3, 0.4) is 0 Å². The molecule has 0 atom stereocenters. The Morgan fingerprint density at radius 3 is 2.82 bits per heavy atom. The molecule has 0 aliphatic carbocycles. The summed E-state index contributed by atoms with van der Waals surface area (Å²) in [5, 5.41) is 12.7. The van der Waals surface area contributed by atoms with Gasteiger partial charge in [0.2, 0.25) is 5.13 Å². The summed E-state index contributed by atoms with van der Waals surface area (Å²) in [7, 11) is 0. The summed E-state index contributed by atoms with van der Waals surface area (Å²) in [6, 6.07) is 4.47. The lowest BCUT2D eigenvalue weighted by Crippen LogP contribution is -1.97. The molecule has 0 bridgehead atoms. The summed E-state index contributed by atoms with van der Waals surface area (Å²) in [4.78, 5) is 14.9. The summed E-state index contributed by atoms with van der Waals surface area (Å²) in [6.07, 6.45) is 0. The molecule has 17 heavy (non-hydrogen) atoms. The number of rotatable bonds is 3. The van der Waals surface area contributed by atoms with Crippen LogP contribution < -0.4 is 5.32 Å². The second-order valence-electron chi connectivity index (χ2n) is 3.27. The lowest BCUT2D eigenvalue weighted by Gasteiger charge is -2.05. The van der Waals surface area contributed by atoms with Crippen LogP contribution in [0.5, 0.6) is 0 Å². The number of benzene rings is 1. The van der Waals surface area contributed by atoms with E-state index in [0.29, 0.717) is 21.7 Å². The fourth-order valence-corrected chi connectivity index (χ4v) is 2.03. The molecule has 2 rings (SSSR count). The first-order valence-electron chi connectivity index (χ1n) is 4.66. The molecule has 5 nitrogen and oxygen atoms in total. The largest absolute Gasteiger partial charge is 0.478 e. The molecule has 7 heteroatoms. The van der Waals surface area contributed by atoms with E-state index in [1.165, 1.54) is 23.7 Å². The average molecular weight is 270 g/mol. The summed E-state index contributed by atoms with van der Waals surface area (Å²) in [5.41, 5.74) is 0.752. The van der Waals surface area contributed by atoms with Gasteiger partial charge in [0.05, 0.1) is 16.3 Å². The van der Waals surface area contributed by atoms with Crippen LogP contribution in [0.4, 0.5) is 10.8 Å². The Hall–Kier alpha value is -1.66. The van der Waals surface area contributed by atoms with E-state index in [4.69, 9.17) is 16.7 Å². The van der Waals surface area contributed by atoms with E-state index >= 15 is 0 Å². The van der Waals surface area contributed by atoms with Crippen molar-refractivity contribution in [3.8, 4) is 0 Å². The van der Waals surface area contributed by atoms with Crippen LogP contribution in [-0.4, -0.2) is 20.4 Å². The minimum Gasteiger partial charge on any atom is -0.478 e. The molecule has 0 amide bonds. The van der Waals surface area contributed by atoms with Crippen LogP contribution in [0.2, 0.25) is 5.02 Å². The predicted octanol–water partition coefficient (Wildman–Crippen LogP) is 2.94. The maximum absolute atomic E-state index is 10.7. The normalized spacial score (nSPS) is 10.2. The van der Waals surface area contributed by atoms with Crippen LogP contribution in [-0.2, 0) is 0 Å². The van der Waals surface area contributed by atoms with Crippen molar-refractivity contribution in [2.75, 3.05) is 5.32 Å². The van der Waals surface area contributed by atoms with Gasteiger partial charge in [0.1, 0.15) is 5.82 Å². The fourth-order valence-electron chi connectivity index (χ4n) is 1.21. The topological polar surface area (TPSA) is 75.1 Å². The summed E-state index contributed by atoms with van der Waals surface area (Å²) < 4.78 is 4.02. The Balaban J connectivity index is 2.25. The molecule has 1 heterocycles. The second-order valence-corrected chi connectivity index (χ2v) is 4.43. The molecule has 0 radical (unpaired) electrons. The van der Waals surface area contributed by atoms with Crippen molar-refractivity contribution in [1.29, 1.82) is 0 Å². The molecule has 0 aliphatic rings. The van der Waals surface area contributed by atoms with Crippen molar-refractivity contribution in [3.05, 3.63) is 34.6 Å². The van der Waals surface area contributed by atoms with Gasteiger partial charge in [-0.25, -0.2) is 9.78 Å². The molecule has 88 valence electrons. The number of carboxylic acid groups (broad SMARTS) is 1. The van der Waals surface area contributed by atoms with Gasteiger partial charge in [0.15, 0.2) is 0 Å². The maximum atomic E-state index is 10.7. The van der Waals surface area contributed by atoms with Crippen LogP contribution in [0.1, 0.15) is 16.2 Å². The Morgan fingerprint density at radius 2 is 2.29 bits per heavy atom. The van der Waals surface area contributed by atoms with Gasteiger partial charge in [-0.15, -0.1) is 0 Å². The van der Waals surface area contributed by atoms with Gasteiger partial charge < -0.3 is 10.4 Å². The van der Waals surface area contributed by atoms with E-state index in [1.54, 1.807) is 13.0 Å². The van der Waals surface area contributed by atoms with Gasteiger partial charge in [-0.1, -0.05) is 11.6 Å². The third-order valence-corrected chi connectivity index (χ3v) is 3.02. The molecule has 0 spiro atoms. The smallest absolute Gasteiger partial charge is 0.335 e.